The molecule has 7 nitrogen and oxygen atoms in total. The Balaban J connectivity index is 1.22. The molecule has 0 unspecified atom stereocenters. The Bertz CT molecular complexity index is 1330. The molecule has 1 fully saturated rings. The van der Waals surface area contributed by atoms with Crippen molar-refractivity contribution in [1.82, 2.24) is 15.0 Å². The molecule has 174 valence electrons. The fourth-order valence-electron chi connectivity index (χ4n) is 4.39. The Morgan fingerprint density at radius 1 is 1.09 bits per heavy atom. The Labute approximate surface area is 197 Å². The SMILES string of the molecule is Cc1[nH]c2ncnc(N3CCC(C(=O)Nc4cccc(Oc5ccc(F)cc5)c4)CC3)c2c1C. The van der Waals surface area contributed by atoms with E-state index in [1.54, 1.807) is 30.6 Å². The van der Waals surface area contributed by atoms with Gasteiger partial charge in [-0.05, 0) is 68.7 Å². The molecule has 4 aromatic rings. The number of nitrogens with one attached hydrogen (secondary N) is 2. The number of aromatic nitrogens is 3. The highest BCUT2D eigenvalue weighted by atomic mass is 19.1. The van der Waals surface area contributed by atoms with Gasteiger partial charge in [-0.2, -0.15) is 0 Å². The zero-order valence-corrected chi connectivity index (χ0v) is 19.1. The van der Waals surface area contributed by atoms with Gasteiger partial charge in [-0.15, -0.1) is 0 Å². The number of hydrogen-bond acceptors (Lipinski definition) is 5. The average molecular weight is 460 g/mol. The number of anilines is 2. The van der Waals surface area contributed by atoms with Crippen molar-refractivity contribution < 1.29 is 13.9 Å². The maximum atomic E-state index is 13.1. The molecular weight excluding hydrogens is 433 g/mol. The number of H-pyrrole nitrogens is 1. The highest BCUT2D eigenvalue weighted by molar-refractivity contribution is 5.94. The number of carbonyl (C=O) groups excluding carboxylic acids is 1. The van der Waals surface area contributed by atoms with Crippen molar-refractivity contribution in [2.75, 3.05) is 23.3 Å². The van der Waals surface area contributed by atoms with E-state index in [4.69, 9.17) is 4.74 Å². The van der Waals surface area contributed by atoms with Crippen LogP contribution in [-0.4, -0.2) is 33.9 Å². The van der Waals surface area contributed by atoms with E-state index < -0.39 is 0 Å². The van der Waals surface area contributed by atoms with E-state index in [1.807, 2.05) is 19.1 Å². The lowest BCUT2D eigenvalue weighted by molar-refractivity contribution is -0.120. The Hall–Kier alpha value is -3.94. The summed E-state index contributed by atoms with van der Waals surface area (Å²) in [6, 6.07) is 13.0. The fraction of sp³-hybridized carbons (Fsp3) is 0.269. The lowest BCUT2D eigenvalue weighted by atomic mass is 9.95. The van der Waals surface area contributed by atoms with Crippen LogP contribution in [0.2, 0.25) is 0 Å². The van der Waals surface area contributed by atoms with Crippen molar-refractivity contribution in [3.05, 3.63) is 71.9 Å². The van der Waals surface area contributed by atoms with Crippen molar-refractivity contribution in [3.8, 4) is 11.5 Å². The molecular formula is C26H26FN5O2. The molecule has 0 saturated carbocycles. The van der Waals surface area contributed by atoms with Crippen LogP contribution >= 0.6 is 0 Å². The molecule has 0 radical (unpaired) electrons. The number of hydrogen-bond donors (Lipinski definition) is 2. The largest absolute Gasteiger partial charge is 0.457 e. The molecule has 2 aromatic heterocycles. The molecule has 5 rings (SSSR count). The molecule has 1 aliphatic rings. The summed E-state index contributed by atoms with van der Waals surface area (Å²) in [4.78, 5) is 27.4. The molecule has 1 amide bonds. The lowest BCUT2D eigenvalue weighted by Gasteiger charge is -2.32. The molecule has 0 atom stereocenters. The summed E-state index contributed by atoms with van der Waals surface area (Å²) < 4.78 is 18.9. The van der Waals surface area contributed by atoms with Crippen LogP contribution in [0.3, 0.4) is 0 Å². The van der Waals surface area contributed by atoms with Gasteiger partial charge in [0.2, 0.25) is 5.91 Å². The number of aryl methyl sites for hydroxylation is 2. The van der Waals surface area contributed by atoms with Gasteiger partial charge in [0.1, 0.15) is 35.1 Å². The van der Waals surface area contributed by atoms with Gasteiger partial charge in [0.05, 0.1) is 5.39 Å². The van der Waals surface area contributed by atoms with Gasteiger partial charge < -0.3 is 19.9 Å². The minimum atomic E-state index is -0.318. The van der Waals surface area contributed by atoms with Crippen LogP contribution in [0, 0.1) is 25.6 Å². The van der Waals surface area contributed by atoms with Crippen molar-refractivity contribution in [2.45, 2.75) is 26.7 Å². The van der Waals surface area contributed by atoms with Crippen LogP contribution in [0.15, 0.2) is 54.9 Å². The van der Waals surface area contributed by atoms with E-state index in [-0.39, 0.29) is 17.6 Å². The number of halogens is 1. The summed E-state index contributed by atoms with van der Waals surface area (Å²) in [6.07, 6.45) is 3.07. The van der Waals surface area contributed by atoms with Crippen LogP contribution in [0.1, 0.15) is 24.1 Å². The normalized spacial score (nSPS) is 14.4. The third kappa shape index (κ3) is 4.44. The number of fused-ring (bicyclic) bond motifs is 1. The number of nitrogens with zero attached hydrogens (tertiary/aromatic N) is 3. The summed E-state index contributed by atoms with van der Waals surface area (Å²) in [5.74, 6) is 1.63. The predicted octanol–water partition coefficient (Wildman–Crippen LogP) is 5.36. The molecule has 2 N–H and O–H groups in total. The smallest absolute Gasteiger partial charge is 0.227 e. The molecule has 1 saturated heterocycles. The van der Waals surface area contributed by atoms with E-state index in [9.17, 15) is 9.18 Å². The third-order valence-corrected chi connectivity index (χ3v) is 6.39. The summed E-state index contributed by atoms with van der Waals surface area (Å²) in [5, 5.41) is 4.07. The first-order chi connectivity index (χ1) is 16.5. The molecule has 8 heteroatoms. The van der Waals surface area contributed by atoms with E-state index >= 15 is 0 Å². The van der Waals surface area contributed by atoms with Gasteiger partial charge in [0, 0.05) is 36.5 Å². The van der Waals surface area contributed by atoms with Crippen LogP contribution in [0.4, 0.5) is 15.9 Å². The Morgan fingerprint density at radius 2 is 1.85 bits per heavy atom. The van der Waals surface area contributed by atoms with Gasteiger partial charge in [0.25, 0.3) is 0 Å². The van der Waals surface area contributed by atoms with Crippen LogP contribution < -0.4 is 15.0 Å². The second-order valence-electron chi connectivity index (χ2n) is 8.63. The van der Waals surface area contributed by atoms with E-state index in [2.05, 4.69) is 32.1 Å². The average Bonchev–Trinajstić information content (AvgIpc) is 3.14. The van der Waals surface area contributed by atoms with Crippen molar-refractivity contribution in [2.24, 2.45) is 5.92 Å². The van der Waals surface area contributed by atoms with E-state index in [0.717, 1.165) is 54.0 Å². The summed E-state index contributed by atoms with van der Waals surface area (Å²) in [5.41, 5.74) is 3.77. The molecule has 34 heavy (non-hydrogen) atoms. The van der Waals surface area contributed by atoms with Crippen molar-refractivity contribution >= 4 is 28.4 Å². The molecule has 0 bridgehead atoms. The predicted molar refractivity (Wildman–Crippen MR) is 130 cm³/mol. The Morgan fingerprint density at radius 3 is 2.62 bits per heavy atom. The quantitative estimate of drug-likeness (QED) is 0.420. The first kappa shape index (κ1) is 21.9. The second kappa shape index (κ2) is 9.13. The molecule has 1 aliphatic heterocycles. The van der Waals surface area contributed by atoms with Gasteiger partial charge in [-0.1, -0.05) is 6.07 Å². The Kier molecular flexibility index (Phi) is 5.88. The minimum Gasteiger partial charge on any atom is -0.457 e. The summed E-state index contributed by atoms with van der Waals surface area (Å²) in [7, 11) is 0. The van der Waals surface area contributed by atoms with Crippen LogP contribution in [0.5, 0.6) is 11.5 Å². The standard InChI is InChI=1S/C26H26FN5O2/c1-16-17(2)30-24-23(16)25(29-15-28-24)32-12-10-18(11-13-32)26(33)31-20-4-3-5-22(14-20)34-21-8-6-19(27)7-9-21/h3-9,14-15,18H,10-13H2,1-2H3,(H,31,33)(H,28,29,30). The topological polar surface area (TPSA) is 83.1 Å². The number of benzene rings is 2. The number of aromatic amines is 1. The van der Waals surface area contributed by atoms with Crippen LogP contribution in [-0.2, 0) is 4.79 Å². The number of piperidine rings is 1. The second-order valence-corrected chi connectivity index (χ2v) is 8.63. The molecule has 2 aromatic carbocycles. The lowest BCUT2D eigenvalue weighted by Crippen LogP contribution is -2.38. The van der Waals surface area contributed by atoms with Gasteiger partial charge in [-0.3, -0.25) is 4.79 Å². The molecule has 0 aliphatic carbocycles. The van der Waals surface area contributed by atoms with Gasteiger partial charge in [0.15, 0.2) is 0 Å². The first-order valence-corrected chi connectivity index (χ1v) is 11.4. The summed E-state index contributed by atoms with van der Waals surface area (Å²) in [6.45, 7) is 5.62. The maximum Gasteiger partial charge on any atom is 0.227 e. The number of ether oxygens (including phenoxy) is 1. The van der Waals surface area contributed by atoms with E-state index in [0.29, 0.717) is 17.2 Å². The fourth-order valence-corrected chi connectivity index (χ4v) is 4.39. The minimum absolute atomic E-state index is 0.0000797. The molecule has 0 spiro atoms. The zero-order valence-electron chi connectivity index (χ0n) is 19.1. The zero-order chi connectivity index (χ0) is 23.7. The van der Waals surface area contributed by atoms with Crippen LogP contribution in [0.25, 0.3) is 11.0 Å². The van der Waals surface area contributed by atoms with E-state index in [1.165, 1.54) is 12.1 Å². The summed E-state index contributed by atoms with van der Waals surface area (Å²) >= 11 is 0. The monoisotopic (exact) mass is 459 g/mol. The van der Waals surface area contributed by atoms with Gasteiger partial charge in [-0.25, -0.2) is 14.4 Å². The molecule has 3 heterocycles. The number of amides is 1. The maximum absolute atomic E-state index is 13.1. The highest BCUT2D eigenvalue weighted by Crippen LogP contribution is 2.31. The first-order valence-electron chi connectivity index (χ1n) is 11.4. The number of rotatable bonds is 5. The van der Waals surface area contributed by atoms with Crippen molar-refractivity contribution in [1.29, 1.82) is 0 Å². The third-order valence-electron chi connectivity index (χ3n) is 6.39. The number of carbonyl (C=O) groups is 1. The highest BCUT2D eigenvalue weighted by Gasteiger charge is 2.27. The van der Waals surface area contributed by atoms with Crippen molar-refractivity contribution in [3.63, 3.8) is 0 Å². The van der Waals surface area contributed by atoms with Gasteiger partial charge >= 0.3 is 0 Å².